The highest BCUT2D eigenvalue weighted by Crippen LogP contribution is 2.55. The Bertz CT molecular complexity index is 528. The minimum absolute atomic E-state index is 0.214. The molecule has 1 saturated carbocycles. The largest absolute Gasteiger partial charge is 0.466 e. The van der Waals surface area contributed by atoms with Crippen LogP contribution in [-0.2, 0) is 24.5 Å². The Morgan fingerprint density at radius 3 is 2.60 bits per heavy atom. The molecule has 0 bridgehead atoms. The smallest absolute Gasteiger partial charge is 0.317 e. The van der Waals surface area contributed by atoms with Crippen molar-refractivity contribution in [2.75, 3.05) is 13.2 Å². The molecule has 0 aromatic heterocycles. The molecule has 0 aliphatic heterocycles. The van der Waals surface area contributed by atoms with Crippen molar-refractivity contribution in [2.45, 2.75) is 25.7 Å². The summed E-state index contributed by atoms with van der Waals surface area (Å²) in [6, 6.07) is 5.73. The molecule has 108 valence electrons. The normalized spacial score (nSPS) is 24.1. The van der Waals surface area contributed by atoms with Crippen LogP contribution in [0.5, 0.6) is 0 Å². The van der Waals surface area contributed by atoms with Crippen LogP contribution in [-0.4, -0.2) is 25.2 Å². The van der Waals surface area contributed by atoms with Crippen LogP contribution in [0.15, 0.2) is 24.3 Å². The number of esters is 2. The van der Waals surface area contributed by atoms with Crippen LogP contribution in [0.2, 0.25) is 0 Å². The van der Waals surface area contributed by atoms with Crippen LogP contribution >= 0.6 is 0 Å². The topological polar surface area (TPSA) is 52.6 Å². The Balaban J connectivity index is 2.33. The van der Waals surface area contributed by atoms with Crippen molar-refractivity contribution in [1.29, 1.82) is 0 Å². The summed E-state index contributed by atoms with van der Waals surface area (Å²) in [5.74, 6) is -1.97. The number of halogens is 1. The Morgan fingerprint density at radius 2 is 2.00 bits per heavy atom. The first-order valence-electron chi connectivity index (χ1n) is 6.66. The second-order valence-electron chi connectivity index (χ2n) is 4.71. The van der Waals surface area contributed by atoms with Crippen molar-refractivity contribution in [1.82, 2.24) is 0 Å². The van der Waals surface area contributed by atoms with E-state index in [9.17, 15) is 14.0 Å². The van der Waals surface area contributed by atoms with Gasteiger partial charge in [0, 0.05) is 0 Å². The monoisotopic (exact) mass is 280 g/mol. The van der Waals surface area contributed by atoms with E-state index >= 15 is 0 Å². The maximum atomic E-state index is 13.4. The molecule has 0 amide bonds. The Morgan fingerprint density at radius 1 is 1.30 bits per heavy atom. The summed E-state index contributed by atoms with van der Waals surface area (Å²) in [7, 11) is 0. The van der Waals surface area contributed by atoms with Crippen molar-refractivity contribution < 1.29 is 23.5 Å². The fourth-order valence-corrected chi connectivity index (χ4v) is 2.48. The van der Waals surface area contributed by atoms with Crippen molar-refractivity contribution in [2.24, 2.45) is 5.92 Å². The molecule has 0 saturated heterocycles. The number of carbonyl (C=O) groups is 2. The second-order valence-corrected chi connectivity index (χ2v) is 4.71. The highest BCUT2D eigenvalue weighted by atomic mass is 19.1. The van der Waals surface area contributed by atoms with E-state index < -0.39 is 29.1 Å². The summed E-state index contributed by atoms with van der Waals surface area (Å²) in [6.45, 7) is 3.86. The third-order valence-electron chi connectivity index (χ3n) is 3.51. The molecule has 1 aliphatic rings. The molecule has 1 aromatic rings. The predicted molar refractivity (Wildman–Crippen MR) is 69.5 cm³/mol. The molecular formula is C15H17FO4. The van der Waals surface area contributed by atoms with Crippen LogP contribution in [0.25, 0.3) is 0 Å². The quantitative estimate of drug-likeness (QED) is 0.776. The molecule has 2 atom stereocenters. The number of hydrogen-bond acceptors (Lipinski definition) is 4. The van der Waals surface area contributed by atoms with Gasteiger partial charge in [0.2, 0.25) is 0 Å². The van der Waals surface area contributed by atoms with Crippen molar-refractivity contribution in [3.8, 4) is 0 Å². The molecule has 5 heteroatoms. The molecule has 0 spiro atoms. The molecule has 0 radical (unpaired) electrons. The van der Waals surface area contributed by atoms with E-state index in [4.69, 9.17) is 9.47 Å². The lowest BCUT2D eigenvalue weighted by molar-refractivity contribution is -0.152. The first-order valence-corrected chi connectivity index (χ1v) is 6.66. The van der Waals surface area contributed by atoms with Gasteiger partial charge in [-0.15, -0.1) is 0 Å². The Hall–Kier alpha value is -1.91. The Labute approximate surface area is 116 Å². The summed E-state index contributed by atoms with van der Waals surface area (Å²) in [6.07, 6.45) is 0.300. The first-order chi connectivity index (χ1) is 9.56. The summed E-state index contributed by atoms with van der Waals surface area (Å²) in [5.41, 5.74) is -0.626. The molecular weight excluding hydrogens is 263 g/mol. The van der Waals surface area contributed by atoms with Gasteiger partial charge in [0.15, 0.2) is 0 Å². The molecule has 1 aromatic carbocycles. The van der Waals surface area contributed by atoms with Gasteiger partial charge in [0.05, 0.1) is 19.1 Å². The third kappa shape index (κ3) is 2.40. The van der Waals surface area contributed by atoms with Gasteiger partial charge in [-0.05, 0) is 38.0 Å². The second kappa shape index (κ2) is 5.61. The number of ether oxygens (including phenoxy) is 2. The average Bonchev–Trinajstić information content (AvgIpc) is 3.16. The van der Waals surface area contributed by atoms with E-state index in [-0.39, 0.29) is 13.2 Å². The molecule has 4 nitrogen and oxygen atoms in total. The van der Waals surface area contributed by atoms with Crippen molar-refractivity contribution in [3.05, 3.63) is 35.6 Å². The van der Waals surface area contributed by atoms with Gasteiger partial charge < -0.3 is 9.47 Å². The van der Waals surface area contributed by atoms with Gasteiger partial charge in [-0.1, -0.05) is 12.1 Å². The fourth-order valence-electron chi connectivity index (χ4n) is 2.48. The van der Waals surface area contributed by atoms with Gasteiger partial charge in [0.1, 0.15) is 11.2 Å². The fraction of sp³-hybridized carbons (Fsp3) is 0.467. The molecule has 0 N–H and O–H groups in total. The zero-order valence-electron chi connectivity index (χ0n) is 11.5. The van der Waals surface area contributed by atoms with Crippen LogP contribution in [0.1, 0.15) is 25.8 Å². The molecule has 20 heavy (non-hydrogen) atoms. The van der Waals surface area contributed by atoms with E-state index in [2.05, 4.69) is 0 Å². The van der Waals surface area contributed by atoms with Crippen LogP contribution in [0, 0.1) is 11.7 Å². The van der Waals surface area contributed by atoms with E-state index in [1.807, 2.05) is 0 Å². The maximum absolute atomic E-state index is 13.4. The van der Waals surface area contributed by atoms with E-state index in [1.54, 1.807) is 19.9 Å². The van der Waals surface area contributed by atoms with Gasteiger partial charge in [-0.25, -0.2) is 4.39 Å². The third-order valence-corrected chi connectivity index (χ3v) is 3.51. The minimum atomic E-state index is -1.09. The van der Waals surface area contributed by atoms with Crippen LogP contribution in [0.3, 0.4) is 0 Å². The Kier molecular flexibility index (Phi) is 4.06. The molecule has 1 aliphatic carbocycles. The molecule has 2 rings (SSSR count). The number of hydrogen-bond donors (Lipinski definition) is 0. The highest BCUT2D eigenvalue weighted by Gasteiger charge is 2.66. The lowest BCUT2D eigenvalue weighted by atomic mass is 9.93. The van der Waals surface area contributed by atoms with Gasteiger partial charge in [0.25, 0.3) is 0 Å². The zero-order valence-corrected chi connectivity index (χ0v) is 11.5. The number of benzene rings is 1. The first kappa shape index (κ1) is 14.5. The highest BCUT2D eigenvalue weighted by molar-refractivity contribution is 5.96. The van der Waals surface area contributed by atoms with E-state index in [1.165, 1.54) is 18.2 Å². The summed E-state index contributed by atoms with van der Waals surface area (Å²) in [4.78, 5) is 24.1. The lowest BCUT2D eigenvalue weighted by Gasteiger charge is -2.16. The predicted octanol–water partition coefficient (Wildman–Crippen LogP) is 2.21. The molecule has 0 unspecified atom stereocenters. The molecule has 1 fully saturated rings. The summed E-state index contributed by atoms with van der Waals surface area (Å²) in [5, 5.41) is 0. The minimum Gasteiger partial charge on any atom is -0.466 e. The number of carbonyl (C=O) groups excluding carboxylic acids is 2. The average molecular weight is 280 g/mol. The SMILES string of the molecule is CCOC(=O)[C@@H]1C[C@]1(C(=O)OCC)c1cccc(F)c1. The number of rotatable bonds is 5. The van der Waals surface area contributed by atoms with Gasteiger partial charge in [-0.2, -0.15) is 0 Å². The summed E-state index contributed by atoms with van der Waals surface area (Å²) < 4.78 is 23.4. The van der Waals surface area contributed by atoms with Crippen molar-refractivity contribution >= 4 is 11.9 Å². The molecule has 0 heterocycles. The van der Waals surface area contributed by atoms with E-state index in [0.717, 1.165) is 0 Å². The zero-order chi connectivity index (χ0) is 14.8. The van der Waals surface area contributed by atoms with Gasteiger partial charge in [-0.3, -0.25) is 9.59 Å². The van der Waals surface area contributed by atoms with Gasteiger partial charge >= 0.3 is 11.9 Å². The standard InChI is InChI=1S/C15H17FO4/c1-3-19-13(17)12-9-15(12,14(18)20-4-2)10-6-5-7-11(16)8-10/h5-8,12H,3-4,9H2,1-2H3/t12-,15-/m0/s1. The van der Waals surface area contributed by atoms with Crippen molar-refractivity contribution in [3.63, 3.8) is 0 Å². The van der Waals surface area contributed by atoms with Crippen LogP contribution < -0.4 is 0 Å². The van der Waals surface area contributed by atoms with E-state index in [0.29, 0.717) is 12.0 Å². The van der Waals surface area contributed by atoms with Crippen LogP contribution in [0.4, 0.5) is 4.39 Å². The maximum Gasteiger partial charge on any atom is 0.317 e. The summed E-state index contributed by atoms with van der Waals surface area (Å²) >= 11 is 0. The lowest BCUT2D eigenvalue weighted by Crippen LogP contribution is -2.28.